The first kappa shape index (κ1) is 23.7. The Kier molecular flexibility index (Phi) is 7.48. The molecule has 1 atom stereocenters. The molecule has 8 heteroatoms. The van der Waals surface area contributed by atoms with E-state index in [0.29, 0.717) is 11.3 Å². The second kappa shape index (κ2) is 10.1. The van der Waals surface area contributed by atoms with Gasteiger partial charge in [-0.25, -0.2) is 8.42 Å². The average molecular weight is 471 g/mol. The van der Waals surface area contributed by atoms with Crippen LogP contribution in [-0.4, -0.2) is 34.7 Å². The Morgan fingerprint density at radius 3 is 2.09 bits per heavy atom. The molecule has 3 aromatic rings. The van der Waals surface area contributed by atoms with Gasteiger partial charge in [0.25, 0.3) is 15.9 Å². The lowest BCUT2D eigenvalue weighted by Gasteiger charge is -2.20. The van der Waals surface area contributed by atoms with E-state index in [-0.39, 0.29) is 16.8 Å². The molecule has 0 radical (unpaired) electrons. The molecule has 0 fully saturated rings. The summed E-state index contributed by atoms with van der Waals surface area (Å²) in [6.07, 6.45) is 1.94. The van der Waals surface area contributed by atoms with E-state index in [9.17, 15) is 13.2 Å². The highest BCUT2D eigenvalue weighted by molar-refractivity contribution is 7.98. The summed E-state index contributed by atoms with van der Waals surface area (Å²) < 4.78 is 32.2. The maximum absolute atomic E-state index is 12.9. The molecule has 3 rings (SSSR count). The van der Waals surface area contributed by atoms with Crippen molar-refractivity contribution in [2.24, 2.45) is 0 Å². The second-order valence-electron chi connectivity index (χ2n) is 7.16. The summed E-state index contributed by atoms with van der Waals surface area (Å²) >= 11 is 1.55. The van der Waals surface area contributed by atoms with Crippen molar-refractivity contribution in [2.75, 3.05) is 24.7 Å². The quantitative estimate of drug-likeness (QED) is 0.482. The van der Waals surface area contributed by atoms with Gasteiger partial charge in [-0.1, -0.05) is 12.1 Å². The Balaban J connectivity index is 1.70. The minimum atomic E-state index is -3.70. The predicted octanol–water partition coefficient (Wildman–Crippen LogP) is 4.73. The molecule has 0 aliphatic carbocycles. The largest absolute Gasteiger partial charge is 0.497 e. The fourth-order valence-electron chi connectivity index (χ4n) is 3.12. The second-order valence-corrected chi connectivity index (χ2v) is 10.0. The molecule has 0 aliphatic heterocycles. The minimum absolute atomic E-state index is 0.194. The minimum Gasteiger partial charge on any atom is -0.497 e. The molecule has 0 bridgehead atoms. The van der Waals surface area contributed by atoms with Crippen molar-refractivity contribution < 1.29 is 17.9 Å². The molecule has 1 amide bonds. The molecule has 32 heavy (non-hydrogen) atoms. The Labute approximate surface area is 193 Å². The van der Waals surface area contributed by atoms with Gasteiger partial charge < -0.3 is 10.1 Å². The lowest BCUT2D eigenvalue weighted by Crippen LogP contribution is -2.28. The first-order chi connectivity index (χ1) is 15.3. The highest BCUT2D eigenvalue weighted by atomic mass is 32.2. The lowest BCUT2D eigenvalue weighted by atomic mass is 10.1. The summed E-state index contributed by atoms with van der Waals surface area (Å²) in [5.74, 6) is 0.514. The number of thioether (sulfide) groups is 1. The van der Waals surface area contributed by atoms with E-state index in [1.807, 2.05) is 37.4 Å². The molecule has 0 saturated heterocycles. The summed E-state index contributed by atoms with van der Waals surface area (Å²) in [5.41, 5.74) is 1.87. The van der Waals surface area contributed by atoms with Crippen molar-refractivity contribution in [1.29, 1.82) is 0 Å². The third-order valence-corrected chi connectivity index (χ3v) is 7.72. The van der Waals surface area contributed by atoms with E-state index < -0.39 is 10.0 Å². The van der Waals surface area contributed by atoms with Gasteiger partial charge in [0.2, 0.25) is 0 Å². The number of anilines is 1. The molecule has 0 aromatic heterocycles. The molecular formula is C24H26N2O4S2. The van der Waals surface area contributed by atoms with Gasteiger partial charge in [0.05, 0.1) is 23.7 Å². The van der Waals surface area contributed by atoms with Gasteiger partial charge in [-0.3, -0.25) is 9.10 Å². The summed E-state index contributed by atoms with van der Waals surface area (Å²) in [7, 11) is -0.594. The highest BCUT2D eigenvalue weighted by Crippen LogP contribution is 2.25. The summed E-state index contributed by atoms with van der Waals surface area (Å²) in [4.78, 5) is 13.8. The van der Waals surface area contributed by atoms with Gasteiger partial charge in [-0.2, -0.15) is 0 Å². The third-order valence-electron chi connectivity index (χ3n) is 5.17. The number of hydrogen-bond acceptors (Lipinski definition) is 5. The Hall–Kier alpha value is -2.97. The van der Waals surface area contributed by atoms with Gasteiger partial charge in [-0.15, -0.1) is 11.8 Å². The van der Waals surface area contributed by atoms with E-state index in [1.165, 1.54) is 11.4 Å². The van der Waals surface area contributed by atoms with Gasteiger partial charge in [0.15, 0.2) is 0 Å². The smallest absolute Gasteiger partial charge is 0.264 e. The number of benzene rings is 3. The van der Waals surface area contributed by atoms with Crippen LogP contribution in [0.15, 0.2) is 82.6 Å². The summed E-state index contributed by atoms with van der Waals surface area (Å²) in [5, 5.41) is 2.95. The number of nitrogens with one attached hydrogen (secondary N) is 1. The molecule has 0 unspecified atom stereocenters. The zero-order valence-electron chi connectivity index (χ0n) is 18.4. The number of nitrogens with zero attached hydrogens (tertiary/aromatic N) is 1. The number of methoxy groups -OCH3 is 1. The van der Waals surface area contributed by atoms with Crippen LogP contribution in [0.1, 0.15) is 28.9 Å². The summed E-state index contributed by atoms with van der Waals surface area (Å²) in [6.45, 7) is 1.90. The van der Waals surface area contributed by atoms with E-state index in [2.05, 4.69) is 5.32 Å². The Bertz CT molecular complexity index is 1160. The monoisotopic (exact) mass is 470 g/mol. The third kappa shape index (κ3) is 5.26. The van der Waals surface area contributed by atoms with Gasteiger partial charge in [0, 0.05) is 17.5 Å². The van der Waals surface area contributed by atoms with Crippen LogP contribution < -0.4 is 14.4 Å². The van der Waals surface area contributed by atoms with Crippen molar-refractivity contribution in [3.63, 3.8) is 0 Å². The molecule has 0 spiro atoms. The maximum atomic E-state index is 12.9. The van der Waals surface area contributed by atoms with Crippen LogP contribution in [0, 0.1) is 0 Å². The van der Waals surface area contributed by atoms with Crippen molar-refractivity contribution >= 4 is 33.4 Å². The van der Waals surface area contributed by atoms with Crippen LogP contribution >= 0.6 is 11.8 Å². The topological polar surface area (TPSA) is 75.7 Å². The van der Waals surface area contributed by atoms with E-state index in [1.54, 1.807) is 67.4 Å². The number of rotatable bonds is 8. The lowest BCUT2D eigenvalue weighted by molar-refractivity contribution is 0.0940. The maximum Gasteiger partial charge on any atom is 0.264 e. The summed E-state index contributed by atoms with van der Waals surface area (Å²) in [6, 6.07) is 20.5. The van der Waals surface area contributed by atoms with Crippen molar-refractivity contribution in [3.05, 3.63) is 83.9 Å². The highest BCUT2D eigenvalue weighted by Gasteiger charge is 2.21. The van der Waals surface area contributed by atoms with Crippen LogP contribution in [-0.2, 0) is 10.0 Å². The molecule has 3 aromatic carbocycles. The number of carbonyl (C=O) groups is 1. The average Bonchev–Trinajstić information content (AvgIpc) is 2.83. The number of hydrogen-bond donors (Lipinski definition) is 1. The number of ether oxygens (including phenoxy) is 1. The standard InChI is InChI=1S/C24H26N2O4S2/c1-17(18-7-11-21(30-3)12-8-18)25-24(27)19-5-9-20(10-6-19)26(2)32(28,29)23-15-13-22(31-4)14-16-23/h5-17H,1-4H3,(H,25,27)/t17-/m1/s1. The first-order valence-corrected chi connectivity index (χ1v) is 12.6. The van der Waals surface area contributed by atoms with Gasteiger partial charge in [-0.05, 0) is 79.4 Å². The number of carbonyl (C=O) groups excluding carboxylic acids is 1. The number of sulfonamides is 1. The SMILES string of the molecule is COc1ccc([C@@H](C)NC(=O)c2ccc(N(C)S(=O)(=O)c3ccc(SC)cc3)cc2)cc1. The molecule has 6 nitrogen and oxygen atoms in total. The van der Waals surface area contributed by atoms with E-state index in [4.69, 9.17) is 4.74 Å². The van der Waals surface area contributed by atoms with E-state index in [0.717, 1.165) is 16.2 Å². The normalized spacial score (nSPS) is 12.1. The molecule has 0 aliphatic rings. The molecule has 0 saturated carbocycles. The fraction of sp³-hybridized carbons (Fsp3) is 0.208. The first-order valence-electron chi connectivity index (χ1n) is 9.94. The van der Waals surface area contributed by atoms with Crippen molar-refractivity contribution in [3.8, 4) is 5.75 Å². The Morgan fingerprint density at radius 2 is 1.56 bits per heavy atom. The van der Waals surface area contributed by atoms with Crippen molar-refractivity contribution in [1.82, 2.24) is 5.32 Å². The van der Waals surface area contributed by atoms with Crippen LogP contribution in [0.3, 0.4) is 0 Å². The Morgan fingerprint density at radius 1 is 0.969 bits per heavy atom. The van der Waals surface area contributed by atoms with Crippen LogP contribution in [0.5, 0.6) is 5.75 Å². The zero-order chi connectivity index (χ0) is 23.3. The van der Waals surface area contributed by atoms with Crippen LogP contribution in [0.4, 0.5) is 5.69 Å². The fourth-order valence-corrected chi connectivity index (χ4v) is 4.73. The zero-order valence-corrected chi connectivity index (χ0v) is 20.0. The predicted molar refractivity (Wildman–Crippen MR) is 129 cm³/mol. The molecule has 0 heterocycles. The van der Waals surface area contributed by atoms with Gasteiger partial charge in [0.1, 0.15) is 5.75 Å². The van der Waals surface area contributed by atoms with E-state index >= 15 is 0 Å². The number of amides is 1. The molecule has 168 valence electrons. The van der Waals surface area contributed by atoms with Gasteiger partial charge >= 0.3 is 0 Å². The van der Waals surface area contributed by atoms with Crippen molar-refractivity contribution in [2.45, 2.75) is 22.8 Å². The molecular weight excluding hydrogens is 444 g/mol. The molecule has 1 N–H and O–H groups in total. The van der Waals surface area contributed by atoms with Crippen LogP contribution in [0.2, 0.25) is 0 Å². The van der Waals surface area contributed by atoms with Crippen LogP contribution in [0.25, 0.3) is 0 Å².